The van der Waals surface area contributed by atoms with E-state index in [1.807, 2.05) is 12.1 Å². The van der Waals surface area contributed by atoms with Gasteiger partial charge in [0, 0.05) is 16.9 Å². The van der Waals surface area contributed by atoms with Crippen LogP contribution in [0.1, 0.15) is 18.4 Å². The number of methoxy groups -OCH3 is 1. The zero-order valence-corrected chi connectivity index (χ0v) is 12.4. The average Bonchev–Trinajstić information content (AvgIpc) is 2.35. The number of halogens is 4. The Bertz CT molecular complexity index is 409. The second-order valence-corrected chi connectivity index (χ2v) is 5.16. The first kappa shape index (κ1) is 16.3. The van der Waals surface area contributed by atoms with Gasteiger partial charge in [-0.15, -0.1) is 0 Å². The van der Waals surface area contributed by atoms with E-state index in [-0.39, 0.29) is 12.5 Å². The number of nitrogens with one attached hydrogen (secondary N) is 1. The molecule has 0 bridgehead atoms. The lowest BCUT2D eigenvalue weighted by molar-refractivity contribution is -0.136. The van der Waals surface area contributed by atoms with Crippen molar-refractivity contribution in [2.75, 3.05) is 14.2 Å². The van der Waals surface area contributed by atoms with Gasteiger partial charge >= 0.3 is 6.18 Å². The highest BCUT2D eigenvalue weighted by molar-refractivity contribution is 9.10. The van der Waals surface area contributed by atoms with Crippen molar-refractivity contribution >= 4 is 15.9 Å². The van der Waals surface area contributed by atoms with Gasteiger partial charge in [0.05, 0.1) is 7.11 Å². The topological polar surface area (TPSA) is 21.3 Å². The number of hydrogen-bond acceptors (Lipinski definition) is 2. The first-order chi connectivity index (χ1) is 8.85. The lowest BCUT2D eigenvalue weighted by Gasteiger charge is -2.18. The first-order valence-electron chi connectivity index (χ1n) is 5.92. The van der Waals surface area contributed by atoms with Gasteiger partial charge in [0.1, 0.15) is 5.75 Å². The molecule has 0 amide bonds. The van der Waals surface area contributed by atoms with Crippen LogP contribution in [-0.2, 0) is 6.42 Å². The molecule has 1 N–H and O–H groups in total. The quantitative estimate of drug-likeness (QED) is 0.847. The molecule has 0 aliphatic carbocycles. The van der Waals surface area contributed by atoms with Gasteiger partial charge in [0.25, 0.3) is 0 Å². The van der Waals surface area contributed by atoms with Crippen molar-refractivity contribution in [2.45, 2.75) is 31.5 Å². The van der Waals surface area contributed by atoms with Crippen LogP contribution in [0, 0.1) is 0 Å². The molecule has 0 heterocycles. The summed E-state index contributed by atoms with van der Waals surface area (Å²) in [6, 6.07) is 5.26. The fourth-order valence-electron chi connectivity index (χ4n) is 1.79. The van der Waals surface area contributed by atoms with Crippen molar-refractivity contribution in [3.05, 3.63) is 28.2 Å². The summed E-state index contributed by atoms with van der Waals surface area (Å²) in [4.78, 5) is 0. The Kier molecular flexibility index (Phi) is 6.13. The van der Waals surface area contributed by atoms with Crippen LogP contribution in [0.2, 0.25) is 0 Å². The summed E-state index contributed by atoms with van der Waals surface area (Å²) < 4.78 is 42.7. The first-order valence-corrected chi connectivity index (χ1v) is 6.71. The summed E-state index contributed by atoms with van der Waals surface area (Å²) in [7, 11) is 3.24. The van der Waals surface area contributed by atoms with E-state index < -0.39 is 12.6 Å². The predicted molar refractivity (Wildman–Crippen MR) is 72.5 cm³/mol. The van der Waals surface area contributed by atoms with Gasteiger partial charge in [-0.3, -0.25) is 0 Å². The van der Waals surface area contributed by atoms with Crippen molar-refractivity contribution in [3.8, 4) is 5.75 Å². The van der Waals surface area contributed by atoms with Gasteiger partial charge in [0.2, 0.25) is 0 Å². The van der Waals surface area contributed by atoms with E-state index in [1.54, 1.807) is 20.2 Å². The van der Waals surface area contributed by atoms with Crippen LogP contribution < -0.4 is 10.1 Å². The van der Waals surface area contributed by atoms with E-state index >= 15 is 0 Å². The van der Waals surface area contributed by atoms with Gasteiger partial charge in [-0.25, -0.2) is 0 Å². The third-order valence-electron chi connectivity index (χ3n) is 2.90. The lowest BCUT2D eigenvalue weighted by Crippen LogP contribution is -2.29. The van der Waals surface area contributed by atoms with Crippen molar-refractivity contribution in [3.63, 3.8) is 0 Å². The standard InChI is InChI=1S/C13H17BrF3NO/c1-18-10(5-6-13(15,16)17)7-9-8-11(19-2)3-4-12(9)14/h3-4,8,10,18H,5-7H2,1-2H3. The van der Waals surface area contributed by atoms with Gasteiger partial charge in [-0.1, -0.05) is 15.9 Å². The molecule has 0 aromatic heterocycles. The molecule has 1 aromatic carbocycles. The second kappa shape index (κ2) is 7.14. The monoisotopic (exact) mass is 339 g/mol. The molecule has 0 aliphatic rings. The Labute approximate surface area is 119 Å². The minimum Gasteiger partial charge on any atom is -0.497 e. The molecular weight excluding hydrogens is 323 g/mol. The maximum Gasteiger partial charge on any atom is 0.389 e. The summed E-state index contributed by atoms with van der Waals surface area (Å²) >= 11 is 3.40. The highest BCUT2D eigenvalue weighted by Crippen LogP contribution is 2.26. The Morgan fingerprint density at radius 1 is 1.37 bits per heavy atom. The third kappa shape index (κ3) is 5.82. The van der Waals surface area contributed by atoms with Crippen LogP contribution in [0.4, 0.5) is 13.2 Å². The smallest absolute Gasteiger partial charge is 0.389 e. The largest absolute Gasteiger partial charge is 0.497 e. The molecule has 6 heteroatoms. The second-order valence-electron chi connectivity index (χ2n) is 4.30. The van der Waals surface area contributed by atoms with E-state index in [9.17, 15) is 13.2 Å². The molecular formula is C13H17BrF3NO. The summed E-state index contributed by atoms with van der Waals surface area (Å²) in [5.74, 6) is 0.698. The van der Waals surface area contributed by atoms with Gasteiger partial charge in [-0.2, -0.15) is 13.2 Å². The van der Waals surface area contributed by atoms with Crippen molar-refractivity contribution < 1.29 is 17.9 Å². The molecule has 1 aromatic rings. The third-order valence-corrected chi connectivity index (χ3v) is 3.68. The van der Waals surface area contributed by atoms with Crippen LogP contribution in [0.15, 0.2) is 22.7 Å². The minimum absolute atomic E-state index is 0.0592. The number of hydrogen-bond donors (Lipinski definition) is 1. The molecule has 0 saturated heterocycles. The molecule has 1 unspecified atom stereocenters. The van der Waals surface area contributed by atoms with E-state index in [0.717, 1.165) is 10.0 Å². The van der Waals surface area contributed by atoms with Crippen molar-refractivity contribution in [1.82, 2.24) is 5.32 Å². The highest BCUT2D eigenvalue weighted by Gasteiger charge is 2.28. The molecule has 0 aliphatic heterocycles. The minimum atomic E-state index is -4.11. The molecule has 1 atom stereocenters. The van der Waals surface area contributed by atoms with E-state index in [1.165, 1.54) is 0 Å². The van der Waals surface area contributed by atoms with Crippen molar-refractivity contribution in [1.29, 1.82) is 0 Å². The summed E-state index contributed by atoms with van der Waals surface area (Å²) in [5.41, 5.74) is 0.931. The predicted octanol–water partition coefficient (Wildman–Crippen LogP) is 3.93. The fourth-order valence-corrected chi connectivity index (χ4v) is 2.19. The molecule has 0 saturated carbocycles. The number of likely N-dealkylation sites (N-methyl/N-ethyl adjacent to an activating group) is 1. The number of rotatable bonds is 6. The van der Waals surface area contributed by atoms with Gasteiger partial charge in [-0.05, 0) is 43.7 Å². The Balaban J connectivity index is 2.69. The molecule has 2 nitrogen and oxygen atoms in total. The Morgan fingerprint density at radius 2 is 2.05 bits per heavy atom. The maximum absolute atomic E-state index is 12.2. The van der Waals surface area contributed by atoms with Crippen LogP contribution in [0.5, 0.6) is 5.75 Å². The maximum atomic E-state index is 12.2. The zero-order chi connectivity index (χ0) is 14.5. The lowest BCUT2D eigenvalue weighted by atomic mass is 10.0. The Morgan fingerprint density at radius 3 is 2.58 bits per heavy atom. The zero-order valence-electron chi connectivity index (χ0n) is 10.9. The number of ether oxygens (including phenoxy) is 1. The van der Waals surface area contributed by atoms with Crippen LogP contribution in [0.25, 0.3) is 0 Å². The van der Waals surface area contributed by atoms with E-state index in [4.69, 9.17) is 4.74 Å². The Hall–Kier alpha value is -0.750. The van der Waals surface area contributed by atoms with Gasteiger partial charge in [0.15, 0.2) is 0 Å². The van der Waals surface area contributed by atoms with E-state index in [2.05, 4.69) is 21.2 Å². The molecule has 108 valence electrons. The van der Waals surface area contributed by atoms with Crippen LogP contribution in [-0.4, -0.2) is 26.4 Å². The molecule has 0 spiro atoms. The molecule has 0 radical (unpaired) electrons. The number of benzene rings is 1. The fraction of sp³-hybridized carbons (Fsp3) is 0.538. The number of alkyl halides is 3. The molecule has 0 fully saturated rings. The van der Waals surface area contributed by atoms with Crippen LogP contribution in [0.3, 0.4) is 0 Å². The normalized spacial score (nSPS) is 13.4. The SMILES string of the molecule is CNC(CCC(F)(F)F)Cc1cc(OC)ccc1Br. The summed E-state index contributed by atoms with van der Waals surface area (Å²) in [6.45, 7) is 0. The average molecular weight is 340 g/mol. The highest BCUT2D eigenvalue weighted by atomic mass is 79.9. The molecule has 1 rings (SSSR count). The summed E-state index contributed by atoms with van der Waals surface area (Å²) in [6.07, 6.45) is -4.31. The van der Waals surface area contributed by atoms with Crippen molar-refractivity contribution in [2.24, 2.45) is 0 Å². The molecule has 19 heavy (non-hydrogen) atoms. The van der Waals surface area contributed by atoms with Crippen LogP contribution >= 0.6 is 15.9 Å². The van der Waals surface area contributed by atoms with Gasteiger partial charge < -0.3 is 10.1 Å². The summed E-state index contributed by atoms with van der Waals surface area (Å²) in [5, 5.41) is 2.93. The van der Waals surface area contributed by atoms with E-state index in [0.29, 0.717) is 12.2 Å².